The minimum absolute atomic E-state index is 0.00222. The quantitative estimate of drug-likeness (QED) is 0.818. The third-order valence-electron chi connectivity index (χ3n) is 3.89. The highest BCUT2D eigenvalue weighted by molar-refractivity contribution is 5.76. The van der Waals surface area contributed by atoms with Crippen molar-refractivity contribution in [2.75, 3.05) is 12.3 Å². The van der Waals surface area contributed by atoms with Gasteiger partial charge in [0.2, 0.25) is 5.91 Å². The summed E-state index contributed by atoms with van der Waals surface area (Å²) in [7, 11) is 0. The van der Waals surface area contributed by atoms with Gasteiger partial charge in [0.25, 0.3) is 5.56 Å². The topological polar surface area (TPSA) is 86.4 Å². The number of pyridine rings is 1. The van der Waals surface area contributed by atoms with Crippen molar-refractivity contribution in [1.82, 2.24) is 9.88 Å². The number of hydrogen-bond acceptors (Lipinski definition) is 4. The second-order valence-corrected chi connectivity index (χ2v) is 5.56. The van der Waals surface area contributed by atoms with E-state index in [2.05, 4.69) is 5.32 Å². The molecule has 0 bridgehead atoms. The number of ether oxygens (including phenoxy) is 1. The van der Waals surface area contributed by atoms with Crippen LogP contribution in [0.5, 0.6) is 0 Å². The lowest BCUT2D eigenvalue weighted by Gasteiger charge is -2.19. The second-order valence-electron chi connectivity index (χ2n) is 5.56. The van der Waals surface area contributed by atoms with Gasteiger partial charge in [0.05, 0.1) is 12.1 Å². The summed E-state index contributed by atoms with van der Waals surface area (Å²) in [6.45, 7) is 0.697. The molecule has 6 nitrogen and oxygen atoms in total. The van der Waals surface area contributed by atoms with Crippen molar-refractivity contribution in [3.8, 4) is 0 Å². The molecular formula is C14H19N3O3. The fourth-order valence-corrected chi connectivity index (χ4v) is 2.74. The number of carbonyl (C=O) groups excluding carboxylic acids is 1. The van der Waals surface area contributed by atoms with Crippen LogP contribution in [0.3, 0.4) is 0 Å². The Labute approximate surface area is 116 Å². The number of aromatic nitrogens is 1. The van der Waals surface area contributed by atoms with E-state index < -0.39 is 0 Å². The molecule has 3 rings (SSSR count). The van der Waals surface area contributed by atoms with E-state index in [1.807, 2.05) is 0 Å². The first-order valence-electron chi connectivity index (χ1n) is 7.00. The van der Waals surface area contributed by atoms with Crippen molar-refractivity contribution in [1.29, 1.82) is 0 Å². The number of rotatable bonds is 4. The highest BCUT2D eigenvalue weighted by atomic mass is 16.5. The number of anilines is 1. The summed E-state index contributed by atoms with van der Waals surface area (Å²) in [4.78, 5) is 23.7. The van der Waals surface area contributed by atoms with Crippen molar-refractivity contribution >= 4 is 11.6 Å². The molecule has 0 spiro atoms. The fourth-order valence-electron chi connectivity index (χ4n) is 2.74. The molecule has 2 atom stereocenters. The van der Waals surface area contributed by atoms with E-state index in [1.165, 1.54) is 35.7 Å². The van der Waals surface area contributed by atoms with Gasteiger partial charge in [-0.15, -0.1) is 0 Å². The maximum absolute atomic E-state index is 12.1. The first kappa shape index (κ1) is 13.2. The normalized spacial score (nSPS) is 25.6. The lowest BCUT2D eigenvalue weighted by atomic mass is 10.1. The van der Waals surface area contributed by atoms with E-state index in [4.69, 9.17) is 10.5 Å². The van der Waals surface area contributed by atoms with Gasteiger partial charge in [-0.1, -0.05) is 0 Å². The van der Waals surface area contributed by atoms with Crippen LogP contribution in [-0.2, 0) is 16.1 Å². The molecule has 0 radical (unpaired) electrons. The minimum atomic E-state index is -0.226. The molecule has 2 heterocycles. The Hall–Kier alpha value is -1.82. The first-order valence-corrected chi connectivity index (χ1v) is 7.00. The molecule has 1 aromatic heterocycles. The molecule has 108 valence electrons. The summed E-state index contributed by atoms with van der Waals surface area (Å²) < 4.78 is 7.01. The van der Waals surface area contributed by atoms with Gasteiger partial charge in [0.1, 0.15) is 6.54 Å². The van der Waals surface area contributed by atoms with Crippen LogP contribution in [0.15, 0.2) is 23.1 Å². The average molecular weight is 277 g/mol. The second kappa shape index (κ2) is 5.28. The summed E-state index contributed by atoms with van der Waals surface area (Å²) in [5, 5.41) is 2.98. The molecule has 2 unspecified atom stereocenters. The average Bonchev–Trinajstić information content (AvgIpc) is 3.15. The molecule has 1 aliphatic carbocycles. The van der Waals surface area contributed by atoms with Gasteiger partial charge in [0, 0.05) is 24.6 Å². The largest absolute Gasteiger partial charge is 0.398 e. The fraction of sp³-hybridized carbons (Fsp3) is 0.571. The Morgan fingerprint density at radius 3 is 2.95 bits per heavy atom. The molecule has 2 aliphatic rings. The van der Waals surface area contributed by atoms with E-state index in [1.54, 1.807) is 0 Å². The number of nitrogens with two attached hydrogens (primary N) is 1. The molecule has 0 aromatic carbocycles. The third kappa shape index (κ3) is 2.85. The van der Waals surface area contributed by atoms with E-state index >= 15 is 0 Å². The van der Waals surface area contributed by atoms with Crippen LogP contribution in [0.4, 0.5) is 5.69 Å². The molecule has 1 saturated heterocycles. The van der Waals surface area contributed by atoms with Gasteiger partial charge in [-0.2, -0.15) is 0 Å². The van der Waals surface area contributed by atoms with Gasteiger partial charge in [0.15, 0.2) is 0 Å². The zero-order chi connectivity index (χ0) is 14.1. The van der Waals surface area contributed by atoms with Gasteiger partial charge < -0.3 is 20.4 Å². The summed E-state index contributed by atoms with van der Waals surface area (Å²) in [5.74, 6) is 0.428. The number of amides is 1. The third-order valence-corrected chi connectivity index (χ3v) is 3.89. The van der Waals surface area contributed by atoms with Gasteiger partial charge in [-0.05, 0) is 31.2 Å². The standard InChI is InChI=1S/C14H19N3O3/c15-10-3-4-13(19)17(7-10)8-12(18)16-11-5-6-20-14(11)9-1-2-9/h3-4,7,9,11,14H,1-2,5-6,8,15H2,(H,16,18). The molecule has 1 amide bonds. The zero-order valence-corrected chi connectivity index (χ0v) is 11.2. The Balaban J connectivity index is 1.61. The molecule has 1 saturated carbocycles. The summed E-state index contributed by atoms with van der Waals surface area (Å²) in [6.07, 6.45) is 4.86. The van der Waals surface area contributed by atoms with Gasteiger partial charge in [-0.25, -0.2) is 0 Å². The van der Waals surface area contributed by atoms with E-state index in [0.717, 1.165) is 6.42 Å². The van der Waals surface area contributed by atoms with E-state index in [0.29, 0.717) is 18.2 Å². The summed E-state index contributed by atoms with van der Waals surface area (Å²) >= 11 is 0. The number of hydrogen-bond donors (Lipinski definition) is 2. The molecule has 20 heavy (non-hydrogen) atoms. The van der Waals surface area contributed by atoms with Crippen molar-refractivity contribution in [3.63, 3.8) is 0 Å². The van der Waals surface area contributed by atoms with Crippen LogP contribution >= 0.6 is 0 Å². The summed E-state index contributed by atoms with van der Waals surface area (Å²) in [6, 6.07) is 2.98. The first-order chi connectivity index (χ1) is 9.63. The molecule has 1 aliphatic heterocycles. The van der Waals surface area contributed by atoms with E-state index in [-0.39, 0.29) is 30.2 Å². The Bertz CT molecular complexity index is 565. The van der Waals surface area contributed by atoms with Crippen molar-refractivity contribution in [2.45, 2.75) is 38.0 Å². The van der Waals surface area contributed by atoms with Crippen molar-refractivity contribution < 1.29 is 9.53 Å². The molecule has 2 fully saturated rings. The van der Waals surface area contributed by atoms with Crippen LogP contribution in [0.2, 0.25) is 0 Å². The predicted molar refractivity (Wildman–Crippen MR) is 74.1 cm³/mol. The predicted octanol–water partition coefficient (Wildman–Crippen LogP) is 0.114. The van der Waals surface area contributed by atoms with Gasteiger partial charge in [-0.3, -0.25) is 9.59 Å². The van der Waals surface area contributed by atoms with Crippen molar-refractivity contribution in [2.24, 2.45) is 5.92 Å². The molecule has 1 aromatic rings. The SMILES string of the molecule is Nc1ccc(=O)n(CC(=O)NC2CCOC2C2CC2)c1. The highest BCUT2D eigenvalue weighted by Crippen LogP contribution is 2.38. The minimum Gasteiger partial charge on any atom is -0.398 e. The zero-order valence-electron chi connectivity index (χ0n) is 11.2. The summed E-state index contributed by atoms with van der Waals surface area (Å²) in [5.41, 5.74) is 5.87. The van der Waals surface area contributed by atoms with Crippen LogP contribution < -0.4 is 16.6 Å². The lowest BCUT2D eigenvalue weighted by Crippen LogP contribution is -2.43. The van der Waals surface area contributed by atoms with Crippen LogP contribution in [-0.4, -0.2) is 29.2 Å². The van der Waals surface area contributed by atoms with Crippen molar-refractivity contribution in [3.05, 3.63) is 28.7 Å². The van der Waals surface area contributed by atoms with Crippen LogP contribution in [0.1, 0.15) is 19.3 Å². The number of nitrogens with zero attached hydrogens (tertiary/aromatic N) is 1. The highest BCUT2D eigenvalue weighted by Gasteiger charge is 2.41. The number of carbonyl (C=O) groups is 1. The monoisotopic (exact) mass is 277 g/mol. The number of nitrogens with one attached hydrogen (secondary N) is 1. The van der Waals surface area contributed by atoms with Crippen LogP contribution in [0.25, 0.3) is 0 Å². The smallest absolute Gasteiger partial charge is 0.251 e. The Morgan fingerprint density at radius 2 is 2.20 bits per heavy atom. The molecule has 6 heteroatoms. The van der Waals surface area contributed by atoms with Crippen LogP contribution in [0, 0.1) is 5.92 Å². The Morgan fingerprint density at radius 1 is 1.40 bits per heavy atom. The van der Waals surface area contributed by atoms with Gasteiger partial charge >= 0.3 is 0 Å². The van der Waals surface area contributed by atoms with E-state index in [9.17, 15) is 9.59 Å². The lowest BCUT2D eigenvalue weighted by molar-refractivity contribution is -0.122. The number of nitrogen functional groups attached to an aromatic ring is 1. The molecule has 3 N–H and O–H groups in total. The maximum atomic E-state index is 12.1. The maximum Gasteiger partial charge on any atom is 0.251 e. The Kier molecular flexibility index (Phi) is 3.48. The molecular weight excluding hydrogens is 258 g/mol.